The number of benzene rings is 3. The van der Waals surface area contributed by atoms with Gasteiger partial charge in [0, 0.05) is 13.0 Å². The van der Waals surface area contributed by atoms with Crippen molar-refractivity contribution < 1.29 is 28.5 Å². The zero-order valence-electron chi connectivity index (χ0n) is 18.8. The minimum atomic E-state index is -0.600. The number of carbonyl (C=O) groups is 2. The Hall–Kier alpha value is -4.00. The molecule has 0 aliphatic carbocycles. The van der Waals surface area contributed by atoms with Crippen LogP contribution in [0, 0.1) is 0 Å². The van der Waals surface area contributed by atoms with Gasteiger partial charge in [0.25, 0.3) is 5.91 Å². The molecular formula is C27H27NO6. The molecule has 0 aromatic heterocycles. The third-order valence-electron chi connectivity index (χ3n) is 5.26. The lowest BCUT2D eigenvalue weighted by Gasteiger charge is -2.18. The van der Waals surface area contributed by atoms with E-state index in [4.69, 9.17) is 18.9 Å². The molecule has 1 N–H and O–H groups in total. The van der Waals surface area contributed by atoms with E-state index in [1.165, 1.54) is 0 Å². The Bertz CT molecular complexity index is 1120. The summed E-state index contributed by atoms with van der Waals surface area (Å²) < 4.78 is 21.8. The average Bonchev–Trinajstić information content (AvgIpc) is 2.87. The summed E-state index contributed by atoms with van der Waals surface area (Å²) >= 11 is 0. The average molecular weight is 462 g/mol. The Balaban J connectivity index is 1.16. The summed E-state index contributed by atoms with van der Waals surface area (Å²) in [6, 6.07) is 23.3. The predicted octanol–water partition coefficient (Wildman–Crippen LogP) is 3.33. The van der Waals surface area contributed by atoms with Gasteiger partial charge in [-0.25, -0.2) is 4.79 Å². The Morgan fingerprint density at radius 1 is 0.824 bits per heavy atom. The fraction of sp³-hybridized carbons (Fsp3) is 0.259. The van der Waals surface area contributed by atoms with Gasteiger partial charge in [-0.3, -0.25) is 4.79 Å². The lowest BCUT2D eigenvalue weighted by molar-refractivity contribution is -0.150. The molecule has 3 aromatic carbocycles. The van der Waals surface area contributed by atoms with E-state index >= 15 is 0 Å². The fourth-order valence-corrected chi connectivity index (χ4v) is 3.57. The van der Waals surface area contributed by atoms with Crippen LogP contribution in [0.2, 0.25) is 0 Å². The predicted molar refractivity (Wildman–Crippen MR) is 126 cm³/mol. The van der Waals surface area contributed by atoms with Crippen LogP contribution in [0.25, 0.3) is 0 Å². The summed E-state index contributed by atoms with van der Waals surface area (Å²) in [5, 5.41) is 2.75. The third-order valence-corrected chi connectivity index (χ3v) is 5.26. The molecule has 1 aliphatic rings. The van der Waals surface area contributed by atoms with Gasteiger partial charge in [0.2, 0.25) is 0 Å². The first-order chi connectivity index (χ1) is 16.7. The van der Waals surface area contributed by atoms with Crippen LogP contribution in [0.15, 0.2) is 72.8 Å². The largest absolute Gasteiger partial charge is 0.486 e. The first-order valence-corrected chi connectivity index (χ1v) is 11.2. The highest BCUT2D eigenvalue weighted by molar-refractivity contribution is 5.80. The second kappa shape index (κ2) is 11.7. The topological polar surface area (TPSA) is 83.1 Å². The van der Waals surface area contributed by atoms with Crippen LogP contribution in [-0.2, 0) is 27.2 Å². The molecule has 0 spiro atoms. The van der Waals surface area contributed by atoms with Gasteiger partial charge < -0.3 is 24.3 Å². The lowest BCUT2D eigenvalue weighted by atomic mass is 10.0. The standard InChI is InChI=1S/C27H27NO6/c29-26(28-13-12-21-10-11-24-25(17-21)32-15-14-31-24)18-34-27(30)19-33-23-9-5-4-8-22(23)16-20-6-2-1-3-7-20/h1-11,17H,12-16,18-19H2,(H,28,29). The normalized spacial score (nSPS) is 12.0. The van der Waals surface area contributed by atoms with Crippen molar-refractivity contribution in [2.75, 3.05) is 33.0 Å². The lowest BCUT2D eigenvalue weighted by Crippen LogP contribution is -2.31. The number of amides is 1. The first kappa shape index (κ1) is 23.2. The van der Waals surface area contributed by atoms with E-state index in [2.05, 4.69) is 5.32 Å². The van der Waals surface area contributed by atoms with Crippen LogP contribution >= 0.6 is 0 Å². The van der Waals surface area contributed by atoms with Gasteiger partial charge in [-0.2, -0.15) is 0 Å². The van der Waals surface area contributed by atoms with E-state index in [1.807, 2.05) is 72.8 Å². The Kier molecular flexibility index (Phi) is 8.00. The maximum absolute atomic E-state index is 12.1. The highest BCUT2D eigenvalue weighted by atomic mass is 16.6. The van der Waals surface area contributed by atoms with Gasteiger partial charge >= 0.3 is 5.97 Å². The summed E-state index contributed by atoms with van der Waals surface area (Å²) in [5.74, 6) is 1.10. The minimum Gasteiger partial charge on any atom is -0.486 e. The molecule has 7 heteroatoms. The molecule has 3 aromatic rings. The summed E-state index contributed by atoms with van der Waals surface area (Å²) in [6.07, 6.45) is 1.31. The summed E-state index contributed by atoms with van der Waals surface area (Å²) in [6.45, 7) is 0.873. The van der Waals surface area contributed by atoms with Crippen molar-refractivity contribution in [3.63, 3.8) is 0 Å². The molecular weight excluding hydrogens is 434 g/mol. The highest BCUT2D eigenvalue weighted by Gasteiger charge is 2.13. The number of hydrogen-bond acceptors (Lipinski definition) is 6. The van der Waals surface area contributed by atoms with Crippen molar-refractivity contribution >= 4 is 11.9 Å². The number of esters is 1. The smallest absolute Gasteiger partial charge is 0.344 e. The highest BCUT2D eigenvalue weighted by Crippen LogP contribution is 2.30. The number of rotatable bonds is 10. The van der Waals surface area contributed by atoms with Gasteiger partial charge in [0.15, 0.2) is 24.7 Å². The van der Waals surface area contributed by atoms with Crippen molar-refractivity contribution in [3.05, 3.63) is 89.5 Å². The molecule has 0 saturated heterocycles. The second-order valence-corrected chi connectivity index (χ2v) is 7.80. The van der Waals surface area contributed by atoms with Crippen molar-refractivity contribution in [1.29, 1.82) is 0 Å². The number of para-hydroxylation sites is 1. The van der Waals surface area contributed by atoms with Crippen LogP contribution in [-0.4, -0.2) is 44.8 Å². The zero-order valence-corrected chi connectivity index (χ0v) is 18.8. The third kappa shape index (κ3) is 6.75. The van der Waals surface area contributed by atoms with Gasteiger partial charge in [-0.05, 0) is 41.3 Å². The van der Waals surface area contributed by atoms with Crippen LogP contribution in [0.4, 0.5) is 0 Å². The maximum Gasteiger partial charge on any atom is 0.344 e. The second-order valence-electron chi connectivity index (χ2n) is 7.80. The molecule has 176 valence electrons. The zero-order chi connectivity index (χ0) is 23.6. The monoisotopic (exact) mass is 461 g/mol. The molecule has 4 rings (SSSR count). The van der Waals surface area contributed by atoms with Gasteiger partial charge in [-0.15, -0.1) is 0 Å². The molecule has 0 atom stereocenters. The summed E-state index contributed by atoms with van der Waals surface area (Å²) in [5.41, 5.74) is 3.14. The molecule has 0 fully saturated rings. The number of hydrogen-bond donors (Lipinski definition) is 1. The molecule has 1 heterocycles. The first-order valence-electron chi connectivity index (χ1n) is 11.2. The van der Waals surface area contributed by atoms with E-state index < -0.39 is 5.97 Å². The van der Waals surface area contributed by atoms with Gasteiger partial charge in [0.1, 0.15) is 19.0 Å². The molecule has 1 aliphatic heterocycles. The molecule has 0 unspecified atom stereocenters. The Morgan fingerprint density at radius 2 is 1.59 bits per heavy atom. The molecule has 1 amide bonds. The van der Waals surface area contributed by atoms with Crippen LogP contribution in [0.5, 0.6) is 17.2 Å². The van der Waals surface area contributed by atoms with E-state index in [1.54, 1.807) is 0 Å². The maximum atomic E-state index is 12.1. The van der Waals surface area contributed by atoms with E-state index in [0.29, 0.717) is 44.1 Å². The quantitative estimate of drug-likeness (QED) is 0.467. The summed E-state index contributed by atoms with van der Waals surface area (Å²) in [4.78, 5) is 24.1. The van der Waals surface area contributed by atoms with Crippen molar-refractivity contribution in [2.24, 2.45) is 0 Å². The van der Waals surface area contributed by atoms with Crippen molar-refractivity contribution in [1.82, 2.24) is 5.32 Å². The molecule has 7 nitrogen and oxygen atoms in total. The number of carbonyl (C=O) groups excluding carboxylic acids is 2. The molecule has 0 bridgehead atoms. The molecule has 0 saturated carbocycles. The van der Waals surface area contributed by atoms with Gasteiger partial charge in [0.05, 0.1) is 0 Å². The summed E-state index contributed by atoms with van der Waals surface area (Å²) in [7, 11) is 0. The van der Waals surface area contributed by atoms with Crippen molar-refractivity contribution in [2.45, 2.75) is 12.8 Å². The van der Waals surface area contributed by atoms with E-state index in [0.717, 1.165) is 22.4 Å². The number of fused-ring (bicyclic) bond motifs is 1. The minimum absolute atomic E-state index is 0.268. The fourth-order valence-electron chi connectivity index (χ4n) is 3.57. The number of ether oxygens (including phenoxy) is 4. The van der Waals surface area contributed by atoms with E-state index in [-0.39, 0.29) is 19.1 Å². The SMILES string of the molecule is O=C(COC(=O)COc1ccccc1Cc1ccccc1)NCCc1ccc2c(c1)OCCO2. The van der Waals surface area contributed by atoms with Crippen LogP contribution in [0.3, 0.4) is 0 Å². The number of nitrogens with one attached hydrogen (secondary N) is 1. The van der Waals surface area contributed by atoms with Crippen LogP contribution < -0.4 is 19.5 Å². The van der Waals surface area contributed by atoms with Gasteiger partial charge in [-0.1, -0.05) is 54.6 Å². The van der Waals surface area contributed by atoms with Crippen molar-refractivity contribution in [3.8, 4) is 17.2 Å². The molecule has 0 radical (unpaired) electrons. The Morgan fingerprint density at radius 3 is 2.44 bits per heavy atom. The Labute approximate surface area is 198 Å². The van der Waals surface area contributed by atoms with Crippen LogP contribution in [0.1, 0.15) is 16.7 Å². The molecule has 34 heavy (non-hydrogen) atoms. The van der Waals surface area contributed by atoms with E-state index in [9.17, 15) is 9.59 Å².